The van der Waals surface area contributed by atoms with Crippen molar-refractivity contribution in [3.8, 4) is 5.75 Å². The minimum atomic E-state index is -0.294. The van der Waals surface area contributed by atoms with Crippen molar-refractivity contribution in [1.29, 1.82) is 0 Å². The number of halogens is 1. The highest BCUT2D eigenvalue weighted by molar-refractivity contribution is 7.98. The Morgan fingerprint density at radius 2 is 2.32 bits per heavy atom. The lowest BCUT2D eigenvalue weighted by atomic mass is 10.2. The van der Waals surface area contributed by atoms with E-state index in [1.165, 1.54) is 23.9 Å². The van der Waals surface area contributed by atoms with Crippen LogP contribution in [0.25, 0.3) is 0 Å². The number of ether oxygens (including phenoxy) is 1. The van der Waals surface area contributed by atoms with Crippen LogP contribution in [-0.2, 0) is 12.3 Å². The van der Waals surface area contributed by atoms with Gasteiger partial charge in [0.1, 0.15) is 11.6 Å². The van der Waals surface area contributed by atoms with Crippen molar-refractivity contribution in [2.45, 2.75) is 17.5 Å². The van der Waals surface area contributed by atoms with E-state index in [9.17, 15) is 4.39 Å². The van der Waals surface area contributed by atoms with Gasteiger partial charge < -0.3 is 10.5 Å². The normalized spacial score (nSPS) is 10.7. The maximum atomic E-state index is 13.2. The Morgan fingerprint density at radius 3 is 3.05 bits per heavy atom. The van der Waals surface area contributed by atoms with Gasteiger partial charge in [0.05, 0.1) is 13.7 Å². The summed E-state index contributed by atoms with van der Waals surface area (Å²) < 4.78 is 20.0. The van der Waals surface area contributed by atoms with Crippen molar-refractivity contribution in [1.82, 2.24) is 20.2 Å². The third kappa shape index (κ3) is 3.42. The molecule has 6 nitrogen and oxygen atoms in total. The minimum Gasteiger partial charge on any atom is -0.496 e. The Hall–Kier alpha value is -1.67. The molecular weight excluding hydrogens is 269 g/mol. The molecule has 0 atom stereocenters. The predicted molar refractivity (Wildman–Crippen MR) is 69.4 cm³/mol. The van der Waals surface area contributed by atoms with Crippen molar-refractivity contribution < 1.29 is 9.13 Å². The first-order chi connectivity index (χ1) is 9.24. The Bertz CT molecular complexity index is 548. The lowest BCUT2D eigenvalue weighted by Gasteiger charge is -2.08. The molecule has 0 aliphatic carbocycles. The molecule has 1 aromatic carbocycles. The molecule has 0 unspecified atom stereocenters. The van der Waals surface area contributed by atoms with Crippen LogP contribution in [0, 0.1) is 5.82 Å². The molecule has 2 aromatic rings. The summed E-state index contributed by atoms with van der Waals surface area (Å²) in [5.41, 5.74) is 6.23. The maximum Gasteiger partial charge on any atom is 0.209 e. The Morgan fingerprint density at radius 1 is 1.47 bits per heavy atom. The molecule has 0 radical (unpaired) electrons. The van der Waals surface area contributed by atoms with Gasteiger partial charge in [0.15, 0.2) is 0 Å². The van der Waals surface area contributed by atoms with Crippen LogP contribution >= 0.6 is 11.8 Å². The van der Waals surface area contributed by atoms with Crippen molar-refractivity contribution in [2.24, 2.45) is 5.73 Å². The van der Waals surface area contributed by atoms with Gasteiger partial charge in [-0.05, 0) is 28.6 Å². The molecule has 102 valence electrons. The summed E-state index contributed by atoms with van der Waals surface area (Å²) in [6, 6.07) is 4.42. The highest BCUT2D eigenvalue weighted by atomic mass is 32.2. The van der Waals surface area contributed by atoms with Crippen LogP contribution in [0.4, 0.5) is 4.39 Å². The second kappa shape index (κ2) is 6.48. The first-order valence-electron chi connectivity index (χ1n) is 5.66. The summed E-state index contributed by atoms with van der Waals surface area (Å²) in [6.45, 7) is 1.01. The van der Waals surface area contributed by atoms with Gasteiger partial charge in [-0.1, -0.05) is 11.8 Å². The zero-order valence-electron chi connectivity index (χ0n) is 10.4. The molecule has 8 heteroatoms. The monoisotopic (exact) mass is 283 g/mol. The summed E-state index contributed by atoms with van der Waals surface area (Å²) in [5, 5.41) is 12.0. The summed E-state index contributed by atoms with van der Waals surface area (Å²) in [6.07, 6.45) is 0. The molecule has 1 aromatic heterocycles. The topological polar surface area (TPSA) is 78.9 Å². The predicted octanol–water partition coefficient (Wildman–Crippen LogP) is 1.07. The summed E-state index contributed by atoms with van der Waals surface area (Å²) in [7, 11) is 1.56. The fourth-order valence-electron chi connectivity index (χ4n) is 1.56. The molecule has 0 spiro atoms. The molecule has 0 bridgehead atoms. The Labute approximate surface area is 114 Å². The van der Waals surface area contributed by atoms with Gasteiger partial charge in [0.2, 0.25) is 5.16 Å². The van der Waals surface area contributed by atoms with Crippen LogP contribution < -0.4 is 10.5 Å². The highest BCUT2D eigenvalue weighted by Gasteiger charge is 2.10. The molecule has 0 saturated heterocycles. The smallest absolute Gasteiger partial charge is 0.209 e. The van der Waals surface area contributed by atoms with E-state index in [1.54, 1.807) is 17.9 Å². The summed E-state index contributed by atoms with van der Waals surface area (Å²) in [4.78, 5) is 0. The standard InChI is InChI=1S/C11H14FN5OS/c1-18-10-3-2-9(12)6-8(10)7-19-11-14-15-16-17(11)5-4-13/h2-3,6H,4-5,7,13H2,1H3. The maximum absolute atomic E-state index is 13.2. The number of hydrogen-bond acceptors (Lipinski definition) is 6. The van der Waals surface area contributed by atoms with Gasteiger partial charge in [-0.3, -0.25) is 0 Å². The second-order valence-corrected chi connectivity index (χ2v) is 4.66. The van der Waals surface area contributed by atoms with E-state index in [0.717, 1.165) is 5.56 Å². The van der Waals surface area contributed by atoms with Crippen LogP contribution in [0.5, 0.6) is 5.75 Å². The van der Waals surface area contributed by atoms with E-state index in [1.807, 2.05) is 0 Å². The molecule has 0 fully saturated rings. The Kier molecular flexibility index (Phi) is 4.69. The van der Waals surface area contributed by atoms with Crippen molar-refractivity contribution in [3.63, 3.8) is 0 Å². The molecule has 0 amide bonds. The van der Waals surface area contributed by atoms with E-state index in [-0.39, 0.29) is 5.82 Å². The van der Waals surface area contributed by atoms with Crippen LogP contribution in [0.1, 0.15) is 5.56 Å². The van der Waals surface area contributed by atoms with Crippen molar-refractivity contribution >= 4 is 11.8 Å². The molecule has 2 rings (SSSR count). The third-order valence-electron chi connectivity index (χ3n) is 2.44. The lowest BCUT2D eigenvalue weighted by molar-refractivity contribution is 0.410. The number of benzene rings is 1. The fourth-order valence-corrected chi connectivity index (χ4v) is 2.45. The van der Waals surface area contributed by atoms with Gasteiger partial charge in [-0.25, -0.2) is 9.07 Å². The summed E-state index contributed by atoms with van der Waals surface area (Å²) in [5.74, 6) is 0.871. The number of tetrazole rings is 1. The number of methoxy groups -OCH3 is 1. The molecule has 0 aliphatic heterocycles. The van der Waals surface area contributed by atoms with Gasteiger partial charge in [0.25, 0.3) is 0 Å². The molecular formula is C11H14FN5OS. The van der Waals surface area contributed by atoms with Crippen molar-refractivity contribution in [3.05, 3.63) is 29.6 Å². The first kappa shape index (κ1) is 13.8. The second-order valence-electron chi connectivity index (χ2n) is 3.72. The number of hydrogen-bond donors (Lipinski definition) is 1. The van der Waals surface area contributed by atoms with E-state index < -0.39 is 0 Å². The van der Waals surface area contributed by atoms with Gasteiger partial charge >= 0.3 is 0 Å². The average molecular weight is 283 g/mol. The van der Waals surface area contributed by atoms with Crippen LogP contribution in [0.2, 0.25) is 0 Å². The van der Waals surface area contributed by atoms with Crippen LogP contribution in [-0.4, -0.2) is 33.9 Å². The number of nitrogens with two attached hydrogens (primary N) is 1. The molecule has 2 N–H and O–H groups in total. The Balaban J connectivity index is 2.09. The molecule has 0 saturated carbocycles. The quantitative estimate of drug-likeness (QED) is 0.799. The fraction of sp³-hybridized carbons (Fsp3) is 0.364. The van der Waals surface area contributed by atoms with Gasteiger partial charge in [0, 0.05) is 17.9 Å². The van der Waals surface area contributed by atoms with Gasteiger partial charge in [-0.15, -0.1) is 5.10 Å². The van der Waals surface area contributed by atoms with E-state index in [4.69, 9.17) is 10.5 Å². The van der Waals surface area contributed by atoms with E-state index >= 15 is 0 Å². The van der Waals surface area contributed by atoms with Crippen LogP contribution in [0.3, 0.4) is 0 Å². The molecule has 19 heavy (non-hydrogen) atoms. The SMILES string of the molecule is COc1ccc(F)cc1CSc1nnnn1CCN. The van der Waals surface area contributed by atoms with E-state index in [0.29, 0.717) is 29.7 Å². The molecule has 1 heterocycles. The average Bonchev–Trinajstić information content (AvgIpc) is 2.84. The first-order valence-corrected chi connectivity index (χ1v) is 6.64. The molecule has 0 aliphatic rings. The largest absolute Gasteiger partial charge is 0.496 e. The number of rotatable bonds is 6. The van der Waals surface area contributed by atoms with Crippen molar-refractivity contribution in [2.75, 3.05) is 13.7 Å². The zero-order chi connectivity index (χ0) is 13.7. The zero-order valence-corrected chi connectivity index (χ0v) is 11.2. The number of nitrogens with zero attached hydrogens (tertiary/aromatic N) is 4. The minimum absolute atomic E-state index is 0.294. The number of aromatic nitrogens is 4. The van der Waals surface area contributed by atoms with E-state index in [2.05, 4.69) is 15.5 Å². The van der Waals surface area contributed by atoms with Gasteiger partial charge in [-0.2, -0.15) is 0 Å². The van der Waals surface area contributed by atoms with Crippen LogP contribution in [0.15, 0.2) is 23.4 Å². The lowest BCUT2D eigenvalue weighted by Crippen LogP contribution is -2.12. The number of thioether (sulfide) groups is 1. The highest BCUT2D eigenvalue weighted by Crippen LogP contribution is 2.27. The summed E-state index contributed by atoms with van der Waals surface area (Å²) >= 11 is 1.41. The third-order valence-corrected chi connectivity index (χ3v) is 3.45.